The number of nitrogens with zero attached hydrogens (tertiary/aromatic N) is 1. The number of nitrogens with one attached hydrogen (secondary N) is 1. The lowest BCUT2D eigenvalue weighted by molar-refractivity contribution is -0.138. The number of aryl methyl sites for hydroxylation is 1. The van der Waals surface area contributed by atoms with Gasteiger partial charge in [0.2, 0.25) is 5.91 Å². The number of anilines is 2. The van der Waals surface area contributed by atoms with Crippen LogP contribution in [0.2, 0.25) is 0 Å². The lowest BCUT2D eigenvalue weighted by Gasteiger charge is -2.23. The zero-order valence-electron chi connectivity index (χ0n) is 25.1. The molecule has 0 bridgehead atoms. The van der Waals surface area contributed by atoms with Crippen LogP contribution in [0.4, 0.5) is 11.4 Å². The van der Waals surface area contributed by atoms with E-state index >= 15 is 0 Å². The predicted octanol–water partition coefficient (Wildman–Crippen LogP) is 7.17. The number of allylic oxidation sites excluding steroid dienone is 1. The largest absolute Gasteiger partial charge is 0.494 e. The molecule has 0 fully saturated rings. The maximum atomic E-state index is 12.7. The molecule has 4 aromatic rings. The third kappa shape index (κ3) is 10.1. The Morgan fingerprint density at radius 3 is 2.22 bits per heavy atom. The van der Waals surface area contributed by atoms with Gasteiger partial charge in [-0.05, 0) is 79.8 Å². The zero-order chi connectivity index (χ0) is 31.9. The van der Waals surface area contributed by atoms with Crippen LogP contribution < -0.4 is 19.7 Å². The molecule has 0 saturated carbocycles. The molecule has 0 aliphatic carbocycles. The SMILES string of the molecule is C=CCCC(=O)N(CCCOc1ccc(CCC(Nc2ccccc2OC(=O)c2ccccc2)C(=O)O)cc1)c1ccccc1. The lowest BCUT2D eigenvalue weighted by Crippen LogP contribution is -2.32. The number of esters is 1. The van der Waals surface area contributed by atoms with Crippen LogP contribution in [0.1, 0.15) is 41.6 Å². The van der Waals surface area contributed by atoms with Crippen molar-refractivity contribution in [2.45, 2.75) is 38.1 Å². The molecular formula is C37H38N2O6. The summed E-state index contributed by atoms with van der Waals surface area (Å²) >= 11 is 0. The second kappa shape index (κ2) is 17.1. The van der Waals surface area contributed by atoms with E-state index in [-0.39, 0.29) is 11.7 Å². The zero-order valence-corrected chi connectivity index (χ0v) is 25.1. The summed E-state index contributed by atoms with van der Waals surface area (Å²) in [5.41, 5.74) is 2.65. The molecule has 0 aliphatic rings. The maximum Gasteiger partial charge on any atom is 0.343 e. The second-order valence-electron chi connectivity index (χ2n) is 10.4. The van der Waals surface area contributed by atoms with Crippen LogP contribution in [-0.2, 0) is 16.0 Å². The Labute approximate surface area is 263 Å². The van der Waals surface area contributed by atoms with Gasteiger partial charge < -0.3 is 24.8 Å². The van der Waals surface area contributed by atoms with Crippen LogP contribution in [0, 0.1) is 0 Å². The molecule has 1 atom stereocenters. The van der Waals surface area contributed by atoms with E-state index in [0.717, 1.165) is 11.3 Å². The summed E-state index contributed by atoms with van der Waals surface area (Å²) in [6.45, 7) is 4.69. The minimum absolute atomic E-state index is 0.0521. The quantitative estimate of drug-likeness (QED) is 0.0568. The highest BCUT2D eigenvalue weighted by Gasteiger charge is 2.20. The van der Waals surface area contributed by atoms with Gasteiger partial charge in [-0.3, -0.25) is 4.79 Å². The molecular weight excluding hydrogens is 568 g/mol. The summed E-state index contributed by atoms with van der Waals surface area (Å²) in [5, 5.41) is 12.9. The average Bonchev–Trinajstić information content (AvgIpc) is 3.07. The molecule has 0 heterocycles. The first kappa shape index (κ1) is 32.5. The molecule has 0 saturated heterocycles. The minimum Gasteiger partial charge on any atom is -0.494 e. The molecule has 8 heteroatoms. The van der Waals surface area contributed by atoms with Crippen molar-refractivity contribution in [3.05, 3.63) is 133 Å². The molecule has 1 amide bonds. The van der Waals surface area contributed by atoms with E-state index in [9.17, 15) is 19.5 Å². The molecule has 1 unspecified atom stereocenters. The lowest BCUT2D eigenvalue weighted by atomic mass is 10.0. The Bertz CT molecular complexity index is 1540. The smallest absolute Gasteiger partial charge is 0.343 e. The fraction of sp³-hybridized carbons (Fsp3) is 0.216. The third-order valence-electron chi connectivity index (χ3n) is 7.10. The molecule has 0 aromatic heterocycles. The Morgan fingerprint density at radius 2 is 1.53 bits per heavy atom. The summed E-state index contributed by atoms with van der Waals surface area (Å²) in [6.07, 6.45) is 4.27. The number of carbonyl (C=O) groups excluding carboxylic acids is 2. The molecule has 2 N–H and O–H groups in total. The van der Waals surface area contributed by atoms with Gasteiger partial charge in [0.15, 0.2) is 5.75 Å². The van der Waals surface area contributed by atoms with E-state index in [1.54, 1.807) is 59.5 Å². The molecule has 4 rings (SSSR count). The predicted molar refractivity (Wildman–Crippen MR) is 176 cm³/mol. The van der Waals surface area contributed by atoms with Gasteiger partial charge in [0.05, 0.1) is 17.9 Å². The van der Waals surface area contributed by atoms with Gasteiger partial charge in [-0.1, -0.05) is 66.7 Å². The number of carboxylic acids is 1. The summed E-state index contributed by atoms with van der Waals surface area (Å²) < 4.78 is 11.5. The highest BCUT2D eigenvalue weighted by molar-refractivity contribution is 5.93. The topological polar surface area (TPSA) is 105 Å². The van der Waals surface area contributed by atoms with Crippen LogP contribution in [0.25, 0.3) is 0 Å². The fourth-order valence-corrected chi connectivity index (χ4v) is 4.70. The van der Waals surface area contributed by atoms with Crippen LogP contribution in [0.3, 0.4) is 0 Å². The van der Waals surface area contributed by atoms with Crippen LogP contribution >= 0.6 is 0 Å². The third-order valence-corrected chi connectivity index (χ3v) is 7.10. The number of para-hydroxylation sites is 3. The molecule has 232 valence electrons. The van der Waals surface area contributed by atoms with Crippen molar-refractivity contribution in [3.8, 4) is 11.5 Å². The number of hydrogen-bond donors (Lipinski definition) is 2. The van der Waals surface area contributed by atoms with E-state index in [4.69, 9.17) is 9.47 Å². The molecule has 45 heavy (non-hydrogen) atoms. The summed E-state index contributed by atoms with van der Waals surface area (Å²) in [4.78, 5) is 39.2. The minimum atomic E-state index is -1.01. The standard InChI is InChI=1S/C37H38N2O6/c1-2-3-19-35(40)39(30-15-8-5-9-16-30)26-12-27-44-31-23-20-28(21-24-31)22-25-33(36(41)42)38-32-17-10-11-18-34(32)45-37(43)29-13-6-4-7-14-29/h2,4-11,13-18,20-21,23-24,33,38H,1,3,12,19,22,25-27H2,(H,41,42). The number of hydrogen-bond acceptors (Lipinski definition) is 6. The summed E-state index contributed by atoms with van der Waals surface area (Å²) in [5.74, 6) is -0.523. The number of ether oxygens (including phenoxy) is 2. The van der Waals surface area contributed by atoms with Crippen molar-refractivity contribution in [3.63, 3.8) is 0 Å². The van der Waals surface area contributed by atoms with Gasteiger partial charge in [-0.25, -0.2) is 9.59 Å². The Balaban J connectivity index is 1.27. The highest BCUT2D eigenvalue weighted by atomic mass is 16.5. The fourth-order valence-electron chi connectivity index (χ4n) is 4.70. The average molecular weight is 607 g/mol. The number of benzene rings is 4. The first-order chi connectivity index (χ1) is 21.9. The number of amides is 1. The highest BCUT2D eigenvalue weighted by Crippen LogP contribution is 2.27. The van der Waals surface area contributed by atoms with Crippen LogP contribution in [-0.4, -0.2) is 42.1 Å². The van der Waals surface area contributed by atoms with Gasteiger partial charge in [-0.2, -0.15) is 0 Å². The molecule has 4 aromatic carbocycles. The summed E-state index contributed by atoms with van der Waals surface area (Å²) in [6, 6.07) is 31.7. The molecule has 8 nitrogen and oxygen atoms in total. The second-order valence-corrected chi connectivity index (χ2v) is 10.4. The van der Waals surface area contributed by atoms with E-state index in [2.05, 4.69) is 11.9 Å². The van der Waals surface area contributed by atoms with E-state index in [1.807, 2.05) is 60.7 Å². The Kier molecular flexibility index (Phi) is 12.3. The number of carbonyl (C=O) groups is 3. The van der Waals surface area contributed by atoms with Crippen molar-refractivity contribution in [2.75, 3.05) is 23.4 Å². The van der Waals surface area contributed by atoms with E-state index < -0.39 is 18.0 Å². The maximum absolute atomic E-state index is 12.7. The van der Waals surface area contributed by atoms with E-state index in [0.29, 0.717) is 62.3 Å². The van der Waals surface area contributed by atoms with Crippen molar-refractivity contribution < 1.29 is 29.0 Å². The van der Waals surface area contributed by atoms with Crippen LogP contribution in [0.5, 0.6) is 11.5 Å². The summed E-state index contributed by atoms with van der Waals surface area (Å²) in [7, 11) is 0. The number of rotatable bonds is 17. The normalized spacial score (nSPS) is 11.2. The number of aliphatic carboxylic acids is 1. The number of carboxylic acid groups (broad SMARTS) is 1. The van der Waals surface area contributed by atoms with Gasteiger partial charge in [0.1, 0.15) is 11.8 Å². The van der Waals surface area contributed by atoms with Crippen molar-refractivity contribution in [1.29, 1.82) is 0 Å². The first-order valence-corrected chi connectivity index (χ1v) is 15.0. The van der Waals surface area contributed by atoms with Gasteiger partial charge in [0.25, 0.3) is 0 Å². The van der Waals surface area contributed by atoms with Crippen molar-refractivity contribution >= 4 is 29.2 Å². The molecule has 0 spiro atoms. The Morgan fingerprint density at radius 1 is 0.867 bits per heavy atom. The molecule has 0 radical (unpaired) electrons. The van der Waals surface area contributed by atoms with Gasteiger partial charge >= 0.3 is 11.9 Å². The van der Waals surface area contributed by atoms with Crippen molar-refractivity contribution in [2.24, 2.45) is 0 Å². The van der Waals surface area contributed by atoms with E-state index in [1.165, 1.54) is 0 Å². The van der Waals surface area contributed by atoms with Gasteiger partial charge in [0, 0.05) is 18.7 Å². The van der Waals surface area contributed by atoms with Gasteiger partial charge in [-0.15, -0.1) is 6.58 Å². The first-order valence-electron chi connectivity index (χ1n) is 15.0. The van der Waals surface area contributed by atoms with Crippen LogP contribution in [0.15, 0.2) is 122 Å². The monoisotopic (exact) mass is 606 g/mol. The van der Waals surface area contributed by atoms with Crippen molar-refractivity contribution in [1.82, 2.24) is 0 Å². The molecule has 0 aliphatic heterocycles. The Hall–Kier alpha value is -5.37.